The minimum atomic E-state index is -0.619. The lowest BCUT2D eigenvalue weighted by Gasteiger charge is -2.12. The van der Waals surface area contributed by atoms with Crippen molar-refractivity contribution in [3.8, 4) is 11.3 Å². The number of benzene rings is 2. The van der Waals surface area contributed by atoms with Crippen LogP contribution >= 0.6 is 39.3 Å². The predicted molar refractivity (Wildman–Crippen MR) is 125 cm³/mol. The minimum Gasteiger partial charge on any atom is -0.457 e. The molecule has 10 heteroatoms. The first-order valence-electron chi connectivity index (χ1n) is 9.16. The monoisotopic (exact) mass is 534 g/mol. The number of nitrogens with zero attached hydrogens (tertiary/aromatic N) is 1. The molecular formula is C22H13BrClFN2O4S. The summed E-state index contributed by atoms with van der Waals surface area (Å²) in [7, 11) is 0. The SMILES string of the molecule is O=C(CN1C(=O)S/C(=C/c2ccc(-c3ccc(Br)c(Cl)c3)o2)C1=O)Nc1cccc(F)c1. The number of furan rings is 1. The van der Waals surface area contributed by atoms with E-state index in [1.807, 2.05) is 6.07 Å². The third kappa shape index (κ3) is 4.95. The molecule has 4 rings (SSSR count). The molecule has 1 fully saturated rings. The number of amides is 3. The molecule has 3 aromatic rings. The van der Waals surface area contributed by atoms with Crippen molar-refractivity contribution >= 4 is 68.1 Å². The van der Waals surface area contributed by atoms with E-state index >= 15 is 0 Å². The van der Waals surface area contributed by atoms with Crippen LogP contribution < -0.4 is 5.32 Å². The molecule has 0 spiro atoms. The third-order valence-corrected chi connectivity index (χ3v) is 6.53. The van der Waals surface area contributed by atoms with Crippen molar-refractivity contribution in [3.05, 3.63) is 80.6 Å². The van der Waals surface area contributed by atoms with Crippen molar-refractivity contribution in [3.63, 3.8) is 0 Å². The normalized spacial score (nSPS) is 15.0. The van der Waals surface area contributed by atoms with Crippen LogP contribution in [0.5, 0.6) is 0 Å². The van der Waals surface area contributed by atoms with Crippen LogP contribution in [-0.2, 0) is 9.59 Å². The summed E-state index contributed by atoms with van der Waals surface area (Å²) in [5.74, 6) is -0.834. The van der Waals surface area contributed by atoms with Gasteiger partial charge in [0.25, 0.3) is 11.1 Å². The lowest BCUT2D eigenvalue weighted by molar-refractivity contribution is -0.127. The van der Waals surface area contributed by atoms with Crippen LogP contribution in [0.15, 0.2) is 68.4 Å². The molecule has 3 amide bonds. The molecule has 1 aliphatic rings. The number of thioether (sulfide) groups is 1. The number of rotatable bonds is 5. The van der Waals surface area contributed by atoms with Crippen LogP contribution in [-0.4, -0.2) is 28.5 Å². The second-order valence-corrected chi connectivity index (χ2v) is 8.91. The zero-order chi connectivity index (χ0) is 22.8. The third-order valence-electron chi connectivity index (χ3n) is 4.39. The molecule has 1 aromatic heterocycles. The van der Waals surface area contributed by atoms with Gasteiger partial charge in [0.05, 0.1) is 9.93 Å². The van der Waals surface area contributed by atoms with Gasteiger partial charge < -0.3 is 9.73 Å². The maximum absolute atomic E-state index is 13.3. The van der Waals surface area contributed by atoms with Crippen LogP contribution in [0.1, 0.15) is 5.76 Å². The van der Waals surface area contributed by atoms with Crippen LogP contribution in [0, 0.1) is 5.82 Å². The van der Waals surface area contributed by atoms with Crippen molar-refractivity contribution in [2.45, 2.75) is 0 Å². The van der Waals surface area contributed by atoms with E-state index in [1.54, 1.807) is 24.3 Å². The van der Waals surface area contributed by atoms with Crippen molar-refractivity contribution in [2.75, 3.05) is 11.9 Å². The van der Waals surface area contributed by atoms with Crippen LogP contribution in [0.4, 0.5) is 14.9 Å². The Kier molecular flexibility index (Phi) is 6.50. The van der Waals surface area contributed by atoms with Crippen molar-refractivity contribution in [1.82, 2.24) is 4.90 Å². The summed E-state index contributed by atoms with van der Waals surface area (Å²) in [6, 6.07) is 14.1. The highest BCUT2D eigenvalue weighted by atomic mass is 79.9. The summed E-state index contributed by atoms with van der Waals surface area (Å²) in [4.78, 5) is 38.1. The average molecular weight is 536 g/mol. The Labute approximate surface area is 199 Å². The molecule has 0 saturated carbocycles. The highest BCUT2D eigenvalue weighted by Gasteiger charge is 2.36. The fourth-order valence-electron chi connectivity index (χ4n) is 2.91. The second-order valence-electron chi connectivity index (χ2n) is 6.66. The van der Waals surface area contributed by atoms with Gasteiger partial charge in [0, 0.05) is 21.8 Å². The molecular weight excluding hydrogens is 523 g/mol. The number of carbonyl (C=O) groups excluding carboxylic acids is 3. The fourth-order valence-corrected chi connectivity index (χ4v) is 4.16. The van der Waals surface area contributed by atoms with Gasteiger partial charge in [-0.05, 0) is 70.2 Å². The van der Waals surface area contributed by atoms with Gasteiger partial charge in [0.15, 0.2) is 0 Å². The quantitative estimate of drug-likeness (QED) is 0.395. The summed E-state index contributed by atoms with van der Waals surface area (Å²) >= 11 is 10.2. The molecule has 32 heavy (non-hydrogen) atoms. The predicted octanol–water partition coefficient (Wildman–Crippen LogP) is 6.18. The van der Waals surface area contributed by atoms with E-state index in [-0.39, 0.29) is 10.6 Å². The number of hydrogen-bond donors (Lipinski definition) is 1. The van der Waals surface area contributed by atoms with Gasteiger partial charge in [-0.3, -0.25) is 19.3 Å². The van der Waals surface area contributed by atoms with E-state index in [2.05, 4.69) is 21.2 Å². The summed E-state index contributed by atoms with van der Waals surface area (Å²) < 4.78 is 19.8. The molecule has 1 N–H and O–H groups in total. The maximum atomic E-state index is 13.3. The van der Waals surface area contributed by atoms with Crippen molar-refractivity contribution in [1.29, 1.82) is 0 Å². The summed E-state index contributed by atoms with van der Waals surface area (Å²) in [5, 5.41) is 2.40. The number of carbonyl (C=O) groups is 3. The fraction of sp³-hybridized carbons (Fsp3) is 0.0455. The number of nitrogens with one attached hydrogen (secondary N) is 1. The Bertz CT molecular complexity index is 1280. The highest BCUT2D eigenvalue weighted by molar-refractivity contribution is 9.10. The van der Waals surface area contributed by atoms with E-state index in [9.17, 15) is 18.8 Å². The summed E-state index contributed by atoms with van der Waals surface area (Å²) in [6.07, 6.45) is 1.44. The topological polar surface area (TPSA) is 79.6 Å². The van der Waals surface area contributed by atoms with E-state index in [1.165, 1.54) is 24.3 Å². The largest absolute Gasteiger partial charge is 0.457 e. The summed E-state index contributed by atoms with van der Waals surface area (Å²) in [5.41, 5.74) is 0.980. The van der Waals surface area contributed by atoms with E-state index < -0.39 is 29.4 Å². The number of hydrogen-bond acceptors (Lipinski definition) is 5. The van der Waals surface area contributed by atoms with Crippen LogP contribution in [0.3, 0.4) is 0 Å². The molecule has 1 aliphatic heterocycles. The second kappa shape index (κ2) is 9.32. The minimum absolute atomic E-state index is 0.128. The molecule has 0 bridgehead atoms. The van der Waals surface area contributed by atoms with Gasteiger partial charge in [-0.15, -0.1) is 0 Å². The lowest BCUT2D eigenvalue weighted by Crippen LogP contribution is -2.36. The zero-order valence-corrected chi connectivity index (χ0v) is 19.3. The Morgan fingerprint density at radius 2 is 2.00 bits per heavy atom. The molecule has 2 aromatic carbocycles. The Morgan fingerprint density at radius 3 is 2.75 bits per heavy atom. The smallest absolute Gasteiger partial charge is 0.294 e. The van der Waals surface area contributed by atoms with E-state index in [0.717, 1.165) is 21.0 Å². The first-order valence-corrected chi connectivity index (χ1v) is 11.1. The van der Waals surface area contributed by atoms with E-state index in [4.69, 9.17) is 16.0 Å². The Hall–Kier alpha value is -2.88. The molecule has 0 radical (unpaired) electrons. The molecule has 2 heterocycles. The molecule has 0 unspecified atom stereocenters. The Balaban J connectivity index is 1.46. The highest BCUT2D eigenvalue weighted by Crippen LogP contribution is 2.34. The van der Waals surface area contributed by atoms with Crippen LogP contribution in [0.25, 0.3) is 17.4 Å². The van der Waals surface area contributed by atoms with Gasteiger partial charge in [0.1, 0.15) is 23.9 Å². The summed E-state index contributed by atoms with van der Waals surface area (Å²) in [6.45, 7) is -0.487. The van der Waals surface area contributed by atoms with Crippen molar-refractivity contribution < 1.29 is 23.2 Å². The van der Waals surface area contributed by atoms with Gasteiger partial charge in [-0.2, -0.15) is 0 Å². The van der Waals surface area contributed by atoms with Gasteiger partial charge in [0.2, 0.25) is 5.91 Å². The molecule has 1 saturated heterocycles. The molecule has 0 atom stereocenters. The standard InChI is InChI=1S/C22H13BrClFN2O4S/c23-16-6-4-12(8-17(16)24)18-7-5-15(31-18)10-19-21(29)27(22(30)32-19)11-20(28)26-14-3-1-2-13(25)9-14/h1-10H,11H2,(H,26,28)/b19-10+. The lowest BCUT2D eigenvalue weighted by atomic mass is 10.2. The average Bonchev–Trinajstić information content (AvgIpc) is 3.30. The van der Waals surface area contributed by atoms with Crippen molar-refractivity contribution in [2.24, 2.45) is 0 Å². The van der Waals surface area contributed by atoms with Gasteiger partial charge in [-0.25, -0.2) is 4.39 Å². The molecule has 0 aliphatic carbocycles. The maximum Gasteiger partial charge on any atom is 0.294 e. The molecule has 6 nitrogen and oxygen atoms in total. The van der Waals surface area contributed by atoms with Crippen LogP contribution in [0.2, 0.25) is 5.02 Å². The Morgan fingerprint density at radius 1 is 1.19 bits per heavy atom. The number of imide groups is 1. The number of anilines is 1. The first-order chi connectivity index (χ1) is 15.3. The molecule has 162 valence electrons. The van der Waals surface area contributed by atoms with Gasteiger partial charge in [-0.1, -0.05) is 23.7 Å². The van der Waals surface area contributed by atoms with Gasteiger partial charge >= 0.3 is 0 Å². The zero-order valence-electron chi connectivity index (χ0n) is 16.1. The number of halogens is 3. The first kappa shape index (κ1) is 22.3. The van der Waals surface area contributed by atoms with E-state index in [0.29, 0.717) is 28.3 Å².